The summed E-state index contributed by atoms with van der Waals surface area (Å²) in [5.41, 5.74) is 1.34. The van der Waals surface area contributed by atoms with Crippen LogP contribution in [0.15, 0.2) is 12.3 Å². The molecule has 0 saturated heterocycles. The second-order valence-electron chi connectivity index (χ2n) is 5.64. The number of pyridine rings is 1. The topological polar surface area (TPSA) is 33.2 Å². The Morgan fingerprint density at radius 3 is 2.58 bits per heavy atom. The summed E-state index contributed by atoms with van der Waals surface area (Å²) in [6.45, 7) is 4.14. The molecule has 0 aliphatic heterocycles. The lowest BCUT2D eigenvalue weighted by molar-refractivity contribution is 0.0679. The van der Waals surface area contributed by atoms with Gasteiger partial charge in [-0.15, -0.1) is 0 Å². The van der Waals surface area contributed by atoms with Crippen molar-refractivity contribution in [2.45, 2.75) is 45.6 Å². The van der Waals surface area contributed by atoms with Gasteiger partial charge in [-0.1, -0.05) is 18.5 Å². The van der Waals surface area contributed by atoms with Gasteiger partial charge in [0.25, 0.3) is 5.91 Å². The van der Waals surface area contributed by atoms with Gasteiger partial charge in [0.05, 0.1) is 10.6 Å². The zero-order valence-corrected chi connectivity index (χ0v) is 12.6. The summed E-state index contributed by atoms with van der Waals surface area (Å²) in [4.78, 5) is 18.5. The van der Waals surface area contributed by atoms with E-state index in [0.29, 0.717) is 16.6 Å². The van der Waals surface area contributed by atoms with E-state index in [0.717, 1.165) is 24.5 Å². The lowest BCUT2D eigenvalue weighted by Gasteiger charge is -2.33. The van der Waals surface area contributed by atoms with Crippen molar-refractivity contribution >= 4 is 17.5 Å². The maximum absolute atomic E-state index is 12.5. The first-order valence-electron chi connectivity index (χ1n) is 6.88. The highest BCUT2D eigenvalue weighted by Crippen LogP contribution is 2.28. The number of hydrogen-bond donors (Lipinski definition) is 0. The van der Waals surface area contributed by atoms with Crippen LogP contribution >= 0.6 is 11.6 Å². The maximum atomic E-state index is 12.5. The van der Waals surface area contributed by atoms with Crippen LogP contribution in [0.25, 0.3) is 0 Å². The Kier molecular flexibility index (Phi) is 4.46. The van der Waals surface area contributed by atoms with Crippen molar-refractivity contribution in [2.24, 2.45) is 5.92 Å². The Hall–Kier alpha value is -1.09. The third kappa shape index (κ3) is 3.27. The van der Waals surface area contributed by atoms with E-state index in [-0.39, 0.29) is 5.91 Å². The summed E-state index contributed by atoms with van der Waals surface area (Å²) < 4.78 is 0. The minimum Gasteiger partial charge on any atom is -0.339 e. The molecule has 1 amide bonds. The number of amides is 1. The number of aromatic nitrogens is 1. The Labute approximate surface area is 120 Å². The van der Waals surface area contributed by atoms with Crippen molar-refractivity contribution in [3.05, 3.63) is 28.5 Å². The Balaban J connectivity index is 2.10. The van der Waals surface area contributed by atoms with Crippen molar-refractivity contribution in [1.29, 1.82) is 0 Å². The minimum absolute atomic E-state index is 0.0166. The van der Waals surface area contributed by atoms with E-state index in [1.807, 2.05) is 18.9 Å². The number of hydrogen-bond acceptors (Lipinski definition) is 2. The van der Waals surface area contributed by atoms with Gasteiger partial charge in [-0.05, 0) is 44.6 Å². The van der Waals surface area contributed by atoms with Crippen LogP contribution in [0.2, 0.25) is 5.02 Å². The lowest BCUT2D eigenvalue weighted by Crippen LogP contribution is -2.39. The third-order valence-corrected chi connectivity index (χ3v) is 4.39. The molecule has 1 aromatic heterocycles. The first kappa shape index (κ1) is 14.3. The molecule has 1 aliphatic carbocycles. The molecule has 1 fully saturated rings. The molecule has 2 rings (SSSR count). The predicted octanol–water partition coefficient (Wildman–Crippen LogP) is 3.69. The Morgan fingerprint density at radius 1 is 1.37 bits per heavy atom. The largest absolute Gasteiger partial charge is 0.339 e. The van der Waals surface area contributed by atoms with E-state index in [1.54, 1.807) is 12.3 Å². The Morgan fingerprint density at radius 2 is 2.00 bits per heavy atom. The molecule has 1 aliphatic rings. The molecule has 4 heteroatoms. The van der Waals surface area contributed by atoms with Crippen molar-refractivity contribution in [2.75, 3.05) is 7.05 Å². The van der Waals surface area contributed by atoms with Crippen LogP contribution in [0, 0.1) is 12.8 Å². The van der Waals surface area contributed by atoms with Crippen molar-refractivity contribution in [3.63, 3.8) is 0 Å². The average Bonchev–Trinajstić information content (AvgIpc) is 2.38. The fourth-order valence-electron chi connectivity index (χ4n) is 2.67. The summed E-state index contributed by atoms with van der Waals surface area (Å²) in [5, 5.41) is 0.494. The summed E-state index contributed by atoms with van der Waals surface area (Å²) >= 11 is 6.14. The number of halogens is 1. The first-order valence-corrected chi connectivity index (χ1v) is 7.26. The molecule has 1 aromatic rings. The van der Waals surface area contributed by atoms with E-state index in [1.165, 1.54) is 12.8 Å². The molecule has 1 saturated carbocycles. The van der Waals surface area contributed by atoms with Crippen LogP contribution < -0.4 is 0 Å². The molecule has 0 aromatic carbocycles. The highest BCUT2D eigenvalue weighted by Gasteiger charge is 2.26. The predicted molar refractivity (Wildman–Crippen MR) is 77.5 cm³/mol. The van der Waals surface area contributed by atoms with Gasteiger partial charge in [0.15, 0.2) is 0 Å². The molecule has 19 heavy (non-hydrogen) atoms. The number of carbonyl (C=O) groups is 1. The molecule has 0 atom stereocenters. The molecule has 0 spiro atoms. The van der Waals surface area contributed by atoms with Crippen molar-refractivity contribution < 1.29 is 4.79 Å². The van der Waals surface area contributed by atoms with E-state index < -0.39 is 0 Å². The zero-order valence-electron chi connectivity index (χ0n) is 11.8. The van der Waals surface area contributed by atoms with Crippen LogP contribution in [-0.2, 0) is 0 Å². The second kappa shape index (κ2) is 5.91. The Bertz CT molecular complexity index is 467. The van der Waals surface area contributed by atoms with Gasteiger partial charge in [-0.3, -0.25) is 9.78 Å². The quantitative estimate of drug-likeness (QED) is 0.828. The van der Waals surface area contributed by atoms with Crippen LogP contribution in [0.4, 0.5) is 0 Å². The standard InChI is InChI=1S/C15H21ClN2O/c1-10-4-6-12(7-5-10)18(3)15(19)13-9-17-11(2)8-14(13)16/h8-10,12H,4-7H2,1-3H3. The van der Waals surface area contributed by atoms with E-state index in [2.05, 4.69) is 11.9 Å². The summed E-state index contributed by atoms with van der Waals surface area (Å²) in [5.74, 6) is 0.765. The van der Waals surface area contributed by atoms with Gasteiger partial charge in [0.1, 0.15) is 0 Å². The summed E-state index contributed by atoms with van der Waals surface area (Å²) in [6, 6.07) is 2.08. The molecular formula is C15H21ClN2O. The smallest absolute Gasteiger partial charge is 0.256 e. The molecule has 0 unspecified atom stereocenters. The SMILES string of the molecule is Cc1cc(Cl)c(C(=O)N(C)C2CCC(C)CC2)cn1. The van der Waals surface area contributed by atoms with Crippen LogP contribution in [0.5, 0.6) is 0 Å². The fourth-order valence-corrected chi connectivity index (χ4v) is 2.96. The van der Waals surface area contributed by atoms with Gasteiger partial charge in [0.2, 0.25) is 0 Å². The van der Waals surface area contributed by atoms with E-state index >= 15 is 0 Å². The average molecular weight is 281 g/mol. The lowest BCUT2D eigenvalue weighted by atomic mass is 9.86. The van der Waals surface area contributed by atoms with Crippen LogP contribution in [-0.4, -0.2) is 28.9 Å². The van der Waals surface area contributed by atoms with Crippen molar-refractivity contribution in [1.82, 2.24) is 9.88 Å². The van der Waals surface area contributed by atoms with Gasteiger partial charge in [0, 0.05) is 25.0 Å². The zero-order chi connectivity index (χ0) is 14.0. The maximum Gasteiger partial charge on any atom is 0.256 e. The monoisotopic (exact) mass is 280 g/mol. The van der Waals surface area contributed by atoms with Crippen LogP contribution in [0.1, 0.15) is 48.7 Å². The normalized spacial score (nSPS) is 23.2. The number of aryl methyl sites for hydroxylation is 1. The highest BCUT2D eigenvalue weighted by molar-refractivity contribution is 6.33. The molecule has 0 bridgehead atoms. The van der Waals surface area contributed by atoms with Gasteiger partial charge >= 0.3 is 0 Å². The van der Waals surface area contributed by atoms with Crippen LogP contribution in [0.3, 0.4) is 0 Å². The minimum atomic E-state index is -0.0166. The number of carbonyl (C=O) groups excluding carboxylic acids is 1. The van der Waals surface area contributed by atoms with Gasteiger partial charge in [-0.25, -0.2) is 0 Å². The molecular weight excluding hydrogens is 260 g/mol. The second-order valence-corrected chi connectivity index (χ2v) is 6.04. The van der Waals surface area contributed by atoms with E-state index in [4.69, 9.17) is 11.6 Å². The first-order chi connectivity index (χ1) is 8.99. The number of rotatable bonds is 2. The van der Waals surface area contributed by atoms with Gasteiger partial charge < -0.3 is 4.90 Å². The highest BCUT2D eigenvalue weighted by atomic mass is 35.5. The fraction of sp³-hybridized carbons (Fsp3) is 0.600. The van der Waals surface area contributed by atoms with Crippen molar-refractivity contribution in [3.8, 4) is 0 Å². The summed E-state index contributed by atoms with van der Waals surface area (Å²) in [7, 11) is 1.87. The summed E-state index contributed by atoms with van der Waals surface area (Å²) in [6.07, 6.45) is 6.15. The van der Waals surface area contributed by atoms with E-state index in [9.17, 15) is 4.79 Å². The third-order valence-electron chi connectivity index (χ3n) is 4.07. The molecule has 104 valence electrons. The molecule has 0 N–H and O–H groups in total. The molecule has 0 radical (unpaired) electrons. The van der Waals surface area contributed by atoms with Gasteiger partial charge in [-0.2, -0.15) is 0 Å². The number of nitrogens with zero attached hydrogens (tertiary/aromatic N) is 2. The molecule has 3 nitrogen and oxygen atoms in total. The molecule has 1 heterocycles.